The normalized spacial score (nSPS) is 8.69. The summed E-state index contributed by atoms with van der Waals surface area (Å²) < 4.78 is 0. The second-order valence-corrected chi connectivity index (χ2v) is 2.67. The zero-order chi connectivity index (χ0) is 8.97. The van der Waals surface area contributed by atoms with Crippen LogP contribution in [0.2, 0.25) is 0 Å². The van der Waals surface area contributed by atoms with Crippen LogP contribution in [0, 0.1) is 0 Å². The van der Waals surface area contributed by atoms with Gasteiger partial charge in [0, 0.05) is 5.56 Å². The molecule has 0 aliphatic heterocycles. The molecule has 0 saturated heterocycles. The highest BCUT2D eigenvalue weighted by Gasteiger charge is 2.06. The topological polar surface area (TPSA) is 69.1 Å². The van der Waals surface area contributed by atoms with Gasteiger partial charge >= 0.3 is 0 Å². The number of ketones is 2. The van der Waals surface area contributed by atoms with Crippen molar-refractivity contribution in [1.82, 2.24) is 6.15 Å². The van der Waals surface area contributed by atoms with E-state index in [9.17, 15) is 9.59 Å². The number of hydrogen-bond donors (Lipinski definition) is 1. The third-order valence-corrected chi connectivity index (χ3v) is 1.51. The maximum atomic E-state index is 11.2. The van der Waals surface area contributed by atoms with Crippen LogP contribution in [0.4, 0.5) is 0 Å². The van der Waals surface area contributed by atoms with Crippen LogP contribution < -0.4 is 6.15 Å². The summed E-state index contributed by atoms with van der Waals surface area (Å²) in [6.45, 7) is 1.42. The van der Waals surface area contributed by atoms with E-state index < -0.39 is 0 Å². The Morgan fingerprint density at radius 2 is 1.69 bits per heavy atom. The fourth-order valence-electron chi connectivity index (χ4n) is 0.952. The summed E-state index contributed by atoms with van der Waals surface area (Å²) in [7, 11) is 0. The molecule has 3 heteroatoms. The number of carbonyl (C=O) groups excluding carboxylic acids is 2. The van der Waals surface area contributed by atoms with Crippen LogP contribution >= 0.6 is 0 Å². The average Bonchev–Trinajstić information content (AvgIpc) is 2.05. The highest BCUT2D eigenvalue weighted by atomic mass is 16.1. The van der Waals surface area contributed by atoms with Crippen molar-refractivity contribution in [2.75, 3.05) is 0 Å². The fourth-order valence-corrected chi connectivity index (χ4v) is 0.952. The molecule has 0 heterocycles. The first-order valence-electron chi connectivity index (χ1n) is 3.78. The van der Waals surface area contributed by atoms with Gasteiger partial charge in [-0.05, 0) is 6.92 Å². The third kappa shape index (κ3) is 3.62. The molecular weight excluding hydrogens is 166 g/mol. The van der Waals surface area contributed by atoms with Crippen LogP contribution in [0.25, 0.3) is 0 Å². The summed E-state index contributed by atoms with van der Waals surface area (Å²) in [6.07, 6.45) is 0.00398. The summed E-state index contributed by atoms with van der Waals surface area (Å²) in [6, 6.07) is 8.84. The average molecular weight is 179 g/mol. The number of rotatable bonds is 3. The standard InChI is InChI=1S/C10H10O2.H3N/c1-8(11)7-10(12)9-5-3-2-4-6-9;/h2-6H,7H2,1H3;1H3. The molecule has 0 aliphatic rings. The van der Waals surface area contributed by atoms with Crippen molar-refractivity contribution in [2.45, 2.75) is 13.3 Å². The fraction of sp³-hybridized carbons (Fsp3) is 0.200. The quantitative estimate of drug-likeness (QED) is 0.570. The van der Waals surface area contributed by atoms with Crippen molar-refractivity contribution in [3.63, 3.8) is 0 Å². The summed E-state index contributed by atoms with van der Waals surface area (Å²) in [5, 5.41) is 0. The molecule has 0 amide bonds. The Balaban J connectivity index is 0.00000144. The van der Waals surface area contributed by atoms with Crippen LogP contribution in [0.5, 0.6) is 0 Å². The number of hydrogen-bond acceptors (Lipinski definition) is 3. The predicted molar refractivity (Wildman–Crippen MR) is 51.1 cm³/mol. The maximum Gasteiger partial charge on any atom is 0.170 e. The molecule has 1 aromatic carbocycles. The summed E-state index contributed by atoms with van der Waals surface area (Å²) in [4.78, 5) is 21.8. The Kier molecular flexibility index (Phi) is 4.62. The minimum atomic E-state index is -0.108. The number of benzene rings is 1. The molecule has 0 saturated carbocycles. The smallest absolute Gasteiger partial charge is 0.170 e. The second kappa shape index (κ2) is 5.22. The number of carbonyl (C=O) groups is 2. The molecule has 13 heavy (non-hydrogen) atoms. The van der Waals surface area contributed by atoms with E-state index in [4.69, 9.17) is 0 Å². The molecule has 70 valence electrons. The van der Waals surface area contributed by atoms with E-state index >= 15 is 0 Å². The van der Waals surface area contributed by atoms with E-state index in [0.717, 1.165) is 0 Å². The zero-order valence-corrected chi connectivity index (χ0v) is 7.62. The van der Waals surface area contributed by atoms with Crippen molar-refractivity contribution >= 4 is 11.6 Å². The first kappa shape index (κ1) is 11.5. The molecule has 0 unspecified atom stereocenters. The van der Waals surface area contributed by atoms with Crippen LogP contribution in [0.15, 0.2) is 30.3 Å². The van der Waals surface area contributed by atoms with Gasteiger partial charge in [-0.3, -0.25) is 9.59 Å². The van der Waals surface area contributed by atoms with Crippen LogP contribution in [0.3, 0.4) is 0 Å². The first-order chi connectivity index (χ1) is 5.70. The molecule has 1 rings (SSSR count). The molecule has 0 atom stereocenters. The lowest BCUT2D eigenvalue weighted by Crippen LogP contribution is -2.04. The molecular formula is C10H13NO2. The van der Waals surface area contributed by atoms with Gasteiger partial charge in [-0.1, -0.05) is 30.3 Å². The maximum absolute atomic E-state index is 11.2. The molecule has 0 radical (unpaired) electrons. The van der Waals surface area contributed by atoms with Crippen molar-refractivity contribution in [2.24, 2.45) is 0 Å². The van der Waals surface area contributed by atoms with Gasteiger partial charge in [-0.25, -0.2) is 0 Å². The highest BCUT2D eigenvalue weighted by molar-refractivity contribution is 6.07. The lowest BCUT2D eigenvalue weighted by Gasteiger charge is -1.95. The third-order valence-electron chi connectivity index (χ3n) is 1.51. The SMILES string of the molecule is CC(=O)CC(=O)c1ccccc1.N. The van der Waals surface area contributed by atoms with E-state index in [1.807, 2.05) is 6.07 Å². The van der Waals surface area contributed by atoms with E-state index in [1.54, 1.807) is 24.3 Å². The van der Waals surface area contributed by atoms with Gasteiger partial charge in [0.15, 0.2) is 5.78 Å². The second-order valence-electron chi connectivity index (χ2n) is 2.67. The molecule has 0 spiro atoms. The first-order valence-corrected chi connectivity index (χ1v) is 3.78. The van der Waals surface area contributed by atoms with Gasteiger partial charge in [0.05, 0.1) is 6.42 Å². The summed E-state index contributed by atoms with van der Waals surface area (Å²) in [5.74, 6) is -0.202. The Hall–Kier alpha value is -1.48. The van der Waals surface area contributed by atoms with Crippen molar-refractivity contribution in [1.29, 1.82) is 0 Å². The van der Waals surface area contributed by atoms with Crippen molar-refractivity contribution in [3.8, 4) is 0 Å². The molecule has 0 bridgehead atoms. The van der Waals surface area contributed by atoms with Gasteiger partial charge in [0.25, 0.3) is 0 Å². The van der Waals surface area contributed by atoms with E-state index in [1.165, 1.54) is 6.92 Å². The molecule has 3 N–H and O–H groups in total. The Labute approximate surface area is 77.3 Å². The lowest BCUT2D eigenvalue weighted by atomic mass is 10.1. The van der Waals surface area contributed by atoms with E-state index in [-0.39, 0.29) is 24.1 Å². The van der Waals surface area contributed by atoms with Gasteiger partial charge in [0.2, 0.25) is 0 Å². The minimum absolute atomic E-state index is 0. The number of Topliss-reactive ketones (excluding diaryl/α,β-unsaturated/α-hetero) is 2. The Bertz CT molecular complexity index is 293. The van der Waals surface area contributed by atoms with Gasteiger partial charge in [0.1, 0.15) is 5.78 Å². The van der Waals surface area contributed by atoms with Crippen LogP contribution in [0.1, 0.15) is 23.7 Å². The molecule has 3 nitrogen and oxygen atoms in total. The lowest BCUT2D eigenvalue weighted by molar-refractivity contribution is -0.116. The van der Waals surface area contributed by atoms with Gasteiger partial charge in [-0.2, -0.15) is 0 Å². The van der Waals surface area contributed by atoms with E-state index in [2.05, 4.69) is 0 Å². The molecule has 0 aliphatic carbocycles. The Morgan fingerprint density at radius 3 is 2.15 bits per heavy atom. The summed E-state index contributed by atoms with van der Waals surface area (Å²) in [5.41, 5.74) is 0.604. The monoisotopic (exact) mass is 179 g/mol. The van der Waals surface area contributed by atoms with Crippen LogP contribution in [-0.2, 0) is 4.79 Å². The largest absolute Gasteiger partial charge is 0.344 e. The predicted octanol–water partition coefficient (Wildman–Crippen LogP) is 2.01. The summed E-state index contributed by atoms with van der Waals surface area (Å²) >= 11 is 0. The van der Waals surface area contributed by atoms with Crippen LogP contribution in [-0.4, -0.2) is 11.6 Å². The highest BCUT2D eigenvalue weighted by Crippen LogP contribution is 2.02. The van der Waals surface area contributed by atoms with E-state index in [0.29, 0.717) is 5.56 Å². The van der Waals surface area contributed by atoms with Gasteiger partial charge < -0.3 is 6.15 Å². The minimum Gasteiger partial charge on any atom is -0.344 e. The van der Waals surface area contributed by atoms with Crippen molar-refractivity contribution < 1.29 is 9.59 Å². The van der Waals surface area contributed by atoms with Gasteiger partial charge in [-0.15, -0.1) is 0 Å². The molecule has 1 aromatic rings. The zero-order valence-electron chi connectivity index (χ0n) is 7.62. The molecule has 0 fully saturated rings. The Morgan fingerprint density at radius 1 is 1.15 bits per heavy atom. The van der Waals surface area contributed by atoms with Crippen molar-refractivity contribution in [3.05, 3.63) is 35.9 Å². The molecule has 0 aromatic heterocycles.